The lowest BCUT2D eigenvalue weighted by Gasteiger charge is -2.33. The molecule has 1 aromatic rings. The van der Waals surface area contributed by atoms with Gasteiger partial charge >= 0.3 is 0 Å². The maximum Gasteiger partial charge on any atom is 0.243 e. The Balaban J connectivity index is 0.00000385. The average molecular weight is 574 g/mol. The molecule has 3 rings (SSSR count). The van der Waals surface area contributed by atoms with Crippen molar-refractivity contribution in [3.63, 3.8) is 0 Å². The van der Waals surface area contributed by atoms with Gasteiger partial charge in [-0.05, 0) is 37.9 Å². The van der Waals surface area contributed by atoms with Crippen LogP contribution < -0.4 is 10.6 Å². The lowest BCUT2D eigenvalue weighted by molar-refractivity contribution is -0.127. The smallest absolute Gasteiger partial charge is 0.243 e. The summed E-state index contributed by atoms with van der Waals surface area (Å²) in [5, 5.41) is 7.00. The molecule has 2 fully saturated rings. The molecule has 0 unspecified atom stereocenters. The second-order valence-corrected chi connectivity index (χ2v) is 8.70. The molecule has 10 heteroatoms. The number of guanidine groups is 1. The van der Waals surface area contributed by atoms with E-state index in [9.17, 15) is 4.79 Å². The van der Waals surface area contributed by atoms with E-state index in [1.165, 1.54) is 0 Å². The van der Waals surface area contributed by atoms with Gasteiger partial charge in [-0.1, -0.05) is 6.07 Å². The number of amides is 1. The van der Waals surface area contributed by atoms with Crippen LogP contribution in [0.15, 0.2) is 29.4 Å². The first-order chi connectivity index (χ1) is 15.6. The van der Waals surface area contributed by atoms with E-state index >= 15 is 0 Å². The number of pyridine rings is 1. The summed E-state index contributed by atoms with van der Waals surface area (Å²) in [6, 6.07) is 6.43. The minimum atomic E-state index is 0. The highest BCUT2D eigenvalue weighted by molar-refractivity contribution is 14.0. The lowest BCUT2D eigenvalue weighted by atomic mass is 10.0. The van der Waals surface area contributed by atoms with Gasteiger partial charge in [0.1, 0.15) is 6.54 Å². The average Bonchev–Trinajstić information content (AvgIpc) is 2.82. The number of carbonyl (C=O) groups excluding carboxylic acids is 1. The molecule has 2 saturated heterocycles. The van der Waals surface area contributed by atoms with Gasteiger partial charge in [-0.2, -0.15) is 0 Å². The predicted molar refractivity (Wildman–Crippen MR) is 142 cm³/mol. The second kappa shape index (κ2) is 15.4. The van der Waals surface area contributed by atoms with Crippen LogP contribution in [0.25, 0.3) is 0 Å². The third-order valence-corrected chi connectivity index (χ3v) is 5.96. The Bertz CT molecular complexity index is 706. The van der Waals surface area contributed by atoms with Crippen LogP contribution in [-0.4, -0.2) is 111 Å². The number of nitrogens with one attached hydrogen (secondary N) is 2. The minimum Gasteiger partial charge on any atom is -0.379 e. The fourth-order valence-corrected chi connectivity index (χ4v) is 3.92. The number of hydrogen-bond acceptors (Lipinski definition) is 6. The number of carbonyl (C=O) groups is 1. The summed E-state index contributed by atoms with van der Waals surface area (Å²) in [7, 11) is 3.52. The molecule has 0 bridgehead atoms. The number of halogens is 1. The highest BCUT2D eigenvalue weighted by Gasteiger charge is 2.20. The molecule has 1 aromatic heterocycles. The first kappa shape index (κ1) is 27.7. The zero-order chi connectivity index (χ0) is 22.6. The Morgan fingerprint density at radius 3 is 2.61 bits per heavy atom. The maximum atomic E-state index is 12.0. The van der Waals surface area contributed by atoms with Crippen molar-refractivity contribution < 1.29 is 9.53 Å². The van der Waals surface area contributed by atoms with E-state index < -0.39 is 0 Å². The summed E-state index contributed by atoms with van der Waals surface area (Å²) in [6.45, 7) is 8.65. The van der Waals surface area contributed by atoms with E-state index in [4.69, 9.17) is 4.74 Å². The number of likely N-dealkylation sites (N-methyl/N-ethyl adjacent to an activating group) is 1. The van der Waals surface area contributed by atoms with E-state index in [1.54, 1.807) is 19.0 Å². The molecule has 0 aromatic carbocycles. The molecule has 3 heterocycles. The van der Waals surface area contributed by atoms with Gasteiger partial charge in [-0.15, -0.1) is 24.0 Å². The second-order valence-electron chi connectivity index (χ2n) is 8.70. The number of rotatable bonds is 9. The van der Waals surface area contributed by atoms with Crippen LogP contribution in [0.1, 0.15) is 25.0 Å². The van der Waals surface area contributed by atoms with E-state index in [2.05, 4.69) is 36.5 Å². The Morgan fingerprint density at radius 2 is 1.94 bits per heavy atom. The van der Waals surface area contributed by atoms with Crippen LogP contribution in [0.2, 0.25) is 0 Å². The van der Waals surface area contributed by atoms with E-state index in [0.717, 1.165) is 89.9 Å². The van der Waals surface area contributed by atoms with Crippen LogP contribution in [0.5, 0.6) is 0 Å². The molecular formula is C23H40IN7O2. The first-order valence-electron chi connectivity index (χ1n) is 11.8. The summed E-state index contributed by atoms with van der Waals surface area (Å²) < 4.78 is 5.41. The molecule has 9 nitrogen and oxygen atoms in total. The zero-order valence-electron chi connectivity index (χ0n) is 20.0. The SMILES string of the molecule is CN(C)C(=O)CN=C(NCCCN1CCOCC1)NC1CCN(Cc2ccccn2)CC1.I. The Morgan fingerprint density at radius 1 is 1.18 bits per heavy atom. The Hall–Kier alpha value is -1.50. The topological polar surface area (TPSA) is 85.3 Å². The standard InChI is InChI=1S/C23H39N7O2.HI/c1-28(2)22(31)18-26-23(25-10-5-11-29-14-16-32-17-15-29)27-20-7-12-30(13-8-20)19-21-6-3-4-9-24-21;/h3-4,6,9,20H,5,7-8,10-19H2,1-2H3,(H2,25,26,27);1H. The van der Waals surface area contributed by atoms with E-state index in [-0.39, 0.29) is 36.4 Å². The number of piperidine rings is 1. The number of nitrogens with zero attached hydrogens (tertiary/aromatic N) is 5. The molecule has 2 aliphatic rings. The number of ether oxygens (including phenoxy) is 1. The predicted octanol–water partition coefficient (Wildman–Crippen LogP) is 1.01. The number of morpholine rings is 1. The van der Waals surface area contributed by atoms with Gasteiger partial charge in [0, 0.05) is 65.6 Å². The molecular weight excluding hydrogens is 533 g/mol. The van der Waals surface area contributed by atoms with Crippen LogP contribution in [0.3, 0.4) is 0 Å². The van der Waals surface area contributed by atoms with Gasteiger partial charge in [-0.3, -0.25) is 19.6 Å². The van der Waals surface area contributed by atoms with Crippen LogP contribution in [0.4, 0.5) is 0 Å². The van der Waals surface area contributed by atoms with Crippen LogP contribution in [-0.2, 0) is 16.1 Å². The van der Waals surface area contributed by atoms with Gasteiger partial charge in [-0.25, -0.2) is 4.99 Å². The monoisotopic (exact) mass is 573 g/mol. The normalized spacial score (nSPS) is 18.4. The summed E-state index contributed by atoms with van der Waals surface area (Å²) in [5.74, 6) is 0.745. The zero-order valence-corrected chi connectivity index (χ0v) is 22.4. The Kier molecular flexibility index (Phi) is 13.0. The molecule has 0 radical (unpaired) electrons. The van der Waals surface area contributed by atoms with Crippen molar-refractivity contribution >= 4 is 35.8 Å². The Labute approximate surface area is 215 Å². The molecule has 0 saturated carbocycles. The van der Waals surface area contributed by atoms with Gasteiger partial charge in [0.2, 0.25) is 5.91 Å². The van der Waals surface area contributed by atoms with Crippen LogP contribution in [0, 0.1) is 0 Å². The van der Waals surface area contributed by atoms with E-state index in [0.29, 0.717) is 6.04 Å². The molecule has 186 valence electrons. The fraction of sp³-hybridized carbons (Fsp3) is 0.696. The molecule has 1 amide bonds. The maximum absolute atomic E-state index is 12.0. The molecule has 0 spiro atoms. The van der Waals surface area contributed by atoms with Crippen molar-refractivity contribution in [2.75, 3.05) is 73.1 Å². The summed E-state index contributed by atoms with van der Waals surface area (Å²) in [5.41, 5.74) is 1.12. The van der Waals surface area contributed by atoms with Crippen molar-refractivity contribution in [2.45, 2.75) is 31.8 Å². The largest absolute Gasteiger partial charge is 0.379 e. The summed E-state index contributed by atoms with van der Waals surface area (Å²) in [4.78, 5) is 27.5. The molecule has 0 atom stereocenters. The lowest BCUT2D eigenvalue weighted by Crippen LogP contribution is -2.49. The highest BCUT2D eigenvalue weighted by atomic mass is 127. The molecule has 0 aliphatic carbocycles. The number of aliphatic imine (C=N–C) groups is 1. The van der Waals surface area contributed by atoms with Crippen LogP contribution >= 0.6 is 24.0 Å². The van der Waals surface area contributed by atoms with Crippen molar-refractivity contribution in [3.05, 3.63) is 30.1 Å². The van der Waals surface area contributed by atoms with Crippen molar-refractivity contribution in [1.29, 1.82) is 0 Å². The van der Waals surface area contributed by atoms with Crippen molar-refractivity contribution in [1.82, 2.24) is 30.3 Å². The molecule has 2 aliphatic heterocycles. The highest BCUT2D eigenvalue weighted by Crippen LogP contribution is 2.13. The van der Waals surface area contributed by atoms with Crippen molar-refractivity contribution in [3.8, 4) is 0 Å². The molecule has 2 N–H and O–H groups in total. The fourth-order valence-electron chi connectivity index (χ4n) is 3.92. The van der Waals surface area contributed by atoms with E-state index in [1.807, 2.05) is 18.3 Å². The van der Waals surface area contributed by atoms with Gasteiger partial charge < -0.3 is 20.3 Å². The molecule has 33 heavy (non-hydrogen) atoms. The third kappa shape index (κ3) is 10.5. The van der Waals surface area contributed by atoms with Crippen molar-refractivity contribution in [2.24, 2.45) is 4.99 Å². The first-order valence-corrected chi connectivity index (χ1v) is 11.8. The number of likely N-dealkylation sites (tertiary alicyclic amines) is 1. The summed E-state index contributed by atoms with van der Waals surface area (Å²) in [6.07, 6.45) is 4.98. The minimum absolute atomic E-state index is 0. The van der Waals surface area contributed by atoms with Gasteiger partial charge in [0.15, 0.2) is 5.96 Å². The quantitative estimate of drug-likeness (QED) is 0.198. The van der Waals surface area contributed by atoms with Gasteiger partial charge in [0.25, 0.3) is 0 Å². The van der Waals surface area contributed by atoms with Gasteiger partial charge in [0.05, 0.1) is 18.9 Å². The third-order valence-electron chi connectivity index (χ3n) is 5.96. The number of hydrogen-bond donors (Lipinski definition) is 2. The number of aromatic nitrogens is 1. The summed E-state index contributed by atoms with van der Waals surface area (Å²) >= 11 is 0.